The first kappa shape index (κ1) is 27.5. The Balaban J connectivity index is 1.91. The Hall–Kier alpha value is -4.63. The van der Waals surface area contributed by atoms with Gasteiger partial charge in [-0.15, -0.1) is 0 Å². The Morgan fingerprint density at radius 1 is 0.500 bits per heavy atom. The fraction of sp³-hybridized carbons (Fsp3) is 0.0263. The number of hydrogen-bond acceptors (Lipinski definition) is 2. The molecule has 0 bridgehead atoms. The fourth-order valence-electron chi connectivity index (χ4n) is 5.54. The van der Waals surface area contributed by atoms with Crippen molar-refractivity contribution in [3.05, 3.63) is 155 Å². The molecule has 6 aromatic carbocycles. The molecule has 0 saturated carbocycles. The lowest BCUT2D eigenvalue weighted by molar-refractivity contribution is 0.0601. The largest absolute Gasteiger partial charge is 0.465 e. The van der Waals surface area contributed by atoms with Crippen LogP contribution >= 0.6 is 23.2 Å². The summed E-state index contributed by atoms with van der Waals surface area (Å²) in [7, 11) is 1.37. The van der Waals surface area contributed by atoms with Gasteiger partial charge in [0.25, 0.3) is 0 Å². The van der Waals surface area contributed by atoms with Crippen LogP contribution in [0.5, 0.6) is 0 Å². The highest BCUT2D eigenvalue weighted by Gasteiger charge is 2.29. The van der Waals surface area contributed by atoms with Crippen molar-refractivity contribution in [2.75, 3.05) is 7.11 Å². The lowest BCUT2D eigenvalue weighted by Crippen LogP contribution is -2.06. The van der Waals surface area contributed by atoms with Crippen LogP contribution in [0.2, 0.25) is 10.0 Å². The number of benzene rings is 6. The number of hydrogen-bond donors (Lipinski definition) is 0. The lowest BCUT2D eigenvalue weighted by atomic mass is 9.78. The van der Waals surface area contributed by atoms with E-state index < -0.39 is 5.97 Å². The third kappa shape index (κ3) is 5.12. The quantitative estimate of drug-likeness (QED) is 0.182. The molecular weight excluding hydrogens is 559 g/mol. The molecule has 6 aromatic rings. The van der Waals surface area contributed by atoms with E-state index in [-0.39, 0.29) is 0 Å². The van der Waals surface area contributed by atoms with E-state index in [4.69, 9.17) is 27.9 Å². The molecule has 0 saturated heterocycles. The van der Waals surface area contributed by atoms with Gasteiger partial charge in [-0.1, -0.05) is 151 Å². The molecule has 4 heteroatoms. The summed E-state index contributed by atoms with van der Waals surface area (Å²) >= 11 is 14.0. The van der Waals surface area contributed by atoms with Gasteiger partial charge in [0.1, 0.15) is 0 Å². The second-order valence-corrected chi connectivity index (χ2v) is 10.6. The smallest absolute Gasteiger partial charge is 0.338 e. The number of carbonyl (C=O) groups is 1. The van der Waals surface area contributed by atoms with Crippen LogP contribution in [-0.4, -0.2) is 13.1 Å². The van der Waals surface area contributed by atoms with Crippen molar-refractivity contribution < 1.29 is 9.53 Å². The zero-order chi connectivity index (χ0) is 29.1. The minimum absolute atomic E-state index is 0.342. The maximum Gasteiger partial charge on any atom is 0.338 e. The van der Waals surface area contributed by atoms with E-state index >= 15 is 0 Å². The zero-order valence-electron chi connectivity index (χ0n) is 22.9. The maximum absolute atomic E-state index is 13.2. The normalized spacial score (nSPS) is 10.8. The fourth-order valence-corrected chi connectivity index (χ4v) is 6.11. The van der Waals surface area contributed by atoms with Gasteiger partial charge in [0.05, 0.1) is 17.7 Å². The van der Waals surface area contributed by atoms with E-state index in [0.717, 1.165) is 50.1 Å². The summed E-state index contributed by atoms with van der Waals surface area (Å²) in [5.74, 6) is -0.489. The Morgan fingerprint density at radius 2 is 0.881 bits per heavy atom. The summed E-state index contributed by atoms with van der Waals surface area (Å²) in [6.45, 7) is 0. The molecule has 0 aliphatic carbocycles. The van der Waals surface area contributed by atoms with Crippen LogP contribution in [0.15, 0.2) is 140 Å². The van der Waals surface area contributed by atoms with Gasteiger partial charge in [-0.3, -0.25) is 0 Å². The molecule has 0 radical (unpaired) electrons. The average Bonchev–Trinajstić information content (AvgIpc) is 3.05. The minimum atomic E-state index is -0.489. The van der Waals surface area contributed by atoms with Gasteiger partial charge in [0.15, 0.2) is 0 Å². The van der Waals surface area contributed by atoms with Crippen LogP contribution in [0.3, 0.4) is 0 Å². The van der Waals surface area contributed by atoms with Crippen molar-refractivity contribution >= 4 is 29.2 Å². The van der Waals surface area contributed by atoms with Crippen LogP contribution in [-0.2, 0) is 4.74 Å². The van der Waals surface area contributed by atoms with E-state index in [1.807, 2.05) is 78.9 Å². The third-order valence-corrected chi connectivity index (χ3v) is 7.96. The second-order valence-electron chi connectivity index (χ2n) is 9.83. The van der Waals surface area contributed by atoms with Crippen molar-refractivity contribution in [3.63, 3.8) is 0 Å². The molecule has 42 heavy (non-hydrogen) atoms. The Morgan fingerprint density at radius 3 is 1.31 bits per heavy atom. The zero-order valence-corrected chi connectivity index (χ0v) is 24.4. The van der Waals surface area contributed by atoms with Crippen molar-refractivity contribution in [2.24, 2.45) is 0 Å². The second kappa shape index (κ2) is 12.1. The van der Waals surface area contributed by atoms with E-state index in [1.54, 1.807) is 12.1 Å². The monoisotopic (exact) mass is 584 g/mol. The van der Waals surface area contributed by atoms with Crippen molar-refractivity contribution in [3.8, 4) is 55.6 Å². The number of esters is 1. The van der Waals surface area contributed by atoms with E-state index in [0.29, 0.717) is 21.2 Å². The van der Waals surface area contributed by atoms with Gasteiger partial charge in [-0.05, 0) is 56.6 Å². The van der Waals surface area contributed by atoms with Gasteiger partial charge < -0.3 is 4.74 Å². The number of rotatable bonds is 6. The van der Waals surface area contributed by atoms with Crippen LogP contribution in [0, 0.1) is 0 Å². The standard InChI is InChI=1S/C38H26Cl2O2/c1-42-38(41)31-24-29(39)22-23-30(31)36-34(27-18-10-4-11-19-27)32(25-14-6-2-7-15-25)33(26-16-8-3-9-17-26)35(37(36)40)28-20-12-5-13-21-28/h2-24H,1H3. The van der Waals surface area contributed by atoms with Gasteiger partial charge in [-0.2, -0.15) is 0 Å². The number of halogens is 2. The Kier molecular flexibility index (Phi) is 7.92. The topological polar surface area (TPSA) is 26.3 Å². The Labute approximate surface area is 255 Å². The molecule has 6 rings (SSSR count). The number of methoxy groups -OCH3 is 1. The highest BCUT2D eigenvalue weighted by Crippen LogP contribution is 2.55. The van der Waals surface area contributed by atoms with Crippen LogP contribution < -0.4 is 0 Å². The molecule has 2 nitrogen and oxygen atoms in total. The van der Waals surface area contributed by atoms with Gasteiger partial charge in [0, 0.05) is 16.1 Å². The third-order valence-electron chi connectivity index (χ3n) is 7.35. The summed E-state index contributed by atoms with van der Waals surface area (Å²) in [5, 5.41) is 0.968. The molecular formula is C38H26Cl2O2. The SMILES string of the molecule is COC(=O)c1cc(Cl)ccc1-c1c(Cl)c(-c2ccccc2)c(-c2ccccc2)c(-c2ccccc2)c1-c1ccccc1. The molecule has 0 spiro atoms. The summed E-state index contributed by atoms with van der Waals surface area (Å²) < 4.78 is 5.22. The molecule has 0 unspecified atom stereocenters. The molecule has 0 aliphatic rings. The first-order chi connectivity index (χ1) is 20.6. The molecule has 0 heterocycles. The molecule has 0 amide bonds. The summed E-state index contributed by atoms with van der Waals surface area (Å²) in [5.41, 5.74) is 9.52. The van der Waals surface area contributed by atoms with Gasteiger partial charge >= 0.3 is 5.97 Å². The lowest BCUT2D eigenvalue weighted by Gasteiger charge is -2.27. The van der Waals surface area contributed by atoms with Crippen LogP contribution in [0.4, 0.5) is 0 Å². The van der Waals surface area contributed by atoms with Crippen molar-refractivity contribution in [1.29, 1.82) is 0 Å². The van der Waals surface area contributed by atoms with Gasteiger partial charge in [-0.25, -0.2) is 4.79 Å². The summed E-state index contributed by atoms with van der Waals surface area (Å²) in [4.78, 5) is 13.2. The molecule has 0 N–H and O–H groups in total. The molecule has 0 aliphatic heterocycles. The van der Waals surface area contributed by atoms with Crippen molar-refractivity contribution in [2.45, 2.75) is 0 Å². The highest BCUT2D eigenvalue weighted by molar-refractivity contribution is 6.39. The first-order valence-electron chi connectivity index (χ1n) is 13.6. The van der Waals surface area contributed by atoms with E-state index in [2.05, 4.69) is 48.5 Å². The number of carbonyl (C=O) groups excluding carboxylic acids is 1. The van der Waals surface area contributed by atoms with E-state index in [9.17, 15) is 4.79 Å². The average molecular weight is 586 g/mol. The predicted octanol–water partition coefficient (Wildman–Crippen LogP) is 11.1. The summed E-state index contributed by atoms with van der Waals surface area (Å²) in [6, 6.07) is 46.2. The van der Waals surface area contributed by atoms with Crippen LogP contribution in [0.25, 0.3) is 55.6 Å². The molecule has 0 aromatic heterocycles. The minimum Gasteiger partial charge on any atom is -0.465 e. The molecule has 204 valence electrons. The number of ether oxygens (including phenoxy) is 1. The van der Waals surface area contributed by atoms with Gasteiger partial charge in [0.2, 0.25) is 0 Å². The van der Waals surface area contributed by atoms with E-state index in [1.165, 1.54) is 7.11 Å². The predicted molar refractivity (Wildman–Crippen MR) is 175 cm³/mol. The van der Waals surface area contributed by atoms with Crippen LogP contribution in [0.1, 0.15) is 10.4 Å². The first-order valence-corrected chi connectivity index (χ1v) is 14.3. The maximum atomic E-state index is 13.2. The summed E-state index contributed by atoms with van der Waals surface area (Å²) in [6.07, 6.45) is 0. The molecule has 0 fully saturated rings. The van der Waals surface area contributed by atoms with Crippen molar-refractivity contribution in [1.82, 2.24) is 0 Å². The molecule has 0 atom stereocenters. The Bertz CT molecular complexity index is 1870. The highest BCUT2D eigenvalue weighted by atomic mass is 35.5.